The van der Waals surface area contributed by atoms with Crippen molar-refractivity contribution < 1.29 is 9.47 Å². The molecule has 3 heterocycles. The first-order valence-corrected chi connectivity index (χ1v) is 11.7. The Labute approximate surface area is 181 Å². The maximum absolute atomic E-state index is 7.60. The molecule has 162 valence electrons. The summed E-state index contributed by atoms with van der Waals surface area (Å²) in [5.74, 6) is 0.955. The van der Waals surface area contributed by atoms with E-state index in [0.717, 1.165) is 37.4 Å². The molecule has 30 heavy (non-hydrogen) atoms. The summed E-state index contributed by atoms with van der Waals surface area (Å²) < 4.78 is 14.0. The van der Waals surface area contributed by atoms with Crippen molar-refractivity contribution in [3.05, 3.63) is 11.4 Å². The highest BCUT2D eigenvalue weighted by Gasteiger charge is 2.58. The number of hydrogen-bond acceptors (Lipinski definition) is 8. The Morgan fingerprint density at radius 1 is 1.23 bits per heavy atom. The van der Waals surface area contributed by atoms with Crippen LogP contribution < -0.4 is 5.32 Å². The van der Waals surface area contributed by atoms with Crippen molar-refractivity contribution in [2.45, 2.75) is 88.6 Å². The fraction of sp³-hybridized carbons (Fsp3) is 0.750. The fourth-order valence-corrected chi connectivity index (χ4v) is 4.78. The summed E-state index contributed by atoms with van der Waals surface area (Å²) in [4.78, 5) is 13.3. The Morgan fingerprint density at radius 3 is 2.77 bits per heavy atom. The highest BCUT2D eigenvalue weighted by Crippen LogP contribution is 2.45. The molecule has 2 aliphatic rings. The topological polar surface area (TPSA) is 91.3 Å². The molecule has 0 spiro atoms. The van der Waals surface area contributed by atoms with E-state index < -0.39 is 5.79 Å². The van der Waals surface area contributed by atoms with Crippen LogP contribution in [0.15, 0.2) is 5.16 Å². The molecule has 0 aromatic carbocycles. The number of ether oxygens (including phenoxy) is 2. The van der Waals surface area contributed by atoms with Crippen LogP contribution in [0.5, 0.6) is 0 Å². The van der Waals surface area contributed by atoms with Crippen molar-refractivity contribution in [1.29, 1.82) is 0 Å². The zero-order chi connectivity index (χ0) is 21.3. The van der Waals surface area contributed by atoms with Gasteiger partial charge in [0.1, 0.15) is 6.10 Å². The first kappa shape index (κ1) is 21.3. The third-order valence-electron chi connectivity index (χ3n) is 5.45. The summed E-state index contributed by atoms with van der Waals surface area (Å²) in [7, 11) is 0. The lowest BCUT2D eigenvalue weighted by Gasteiger charge is -2.21. The van der Waals surface area contributed by atoms with Gasteiger partial charge in [0.25, 0.3) is 6.04 Å². The van der Waals surface area contributed by atoms with Gasteiger partial charge in [0.15, 0.2) is 34.0 Å². The van der Waals surface area contributed by atoms with Gasteiger partial charge in [-0.15, -0.1) is 5.10 Å². The number of hydrogen-bond donors (Lipinski definition) is 1. The van der Waals surface area contributed by atoms with Crippen molar-refractivity contribution >= 4 is 28.7 Å². The number of nitrogens with one attached hydrogen (secondary N) is 1. The number of anilines is 1. The highest BCUT2D eigenvalue weighted by molar-refractivity contribution is 7.99. The van der Waals surface area contributed by atoms with Gasteiger partial charge < -0.3 is 19.6 Å². The van der Waals surface area contributed by atoms with Crippen molar-refractivity contribution in [2.75, 3.05) is 17.6 Å². The normalized spacial score (nSPS) is 27.3. The van der Waals surface area contributed by atoms with E-state index in [0.29, 0.717) is 22.7 Å². The molecule has 10 heteroatoms. The van der Waals surface area contributed by atoms with E-state index in [1.807, 2.05) is 18.5 Å². The standard InChI is InChI=1S/C20H29N7O2S/c1-6-8-9-22-17-14-18(24-19(23-17)30-10-7-2)27(26-25-14)13-11-12(21-5)15-16(13)29-20(3,4)28-15/h12-13,15-16H,6-11H2,1-4H3,(H,22,23,24)/t12-,13+,15+,16-/m0/s1. The van der Waals surface area contributed by atoms with Crippen LogP contribution in [0.1, 0.15) is 59.4 Å². The molecule has 0 bridgehead atoms. The lowest BCUT2D eigenvalue weighted by atomic mass is 10.2. The fourth-order valence-electron chi connectivity index (χ4n) is 4.09. The number of nitrogens with zero attached hydrogens (tertiary/aromatic N) is 6. The number of aromatic nitrogens is 5. The molecule has 0 radical (unpaired) electrons. The van der Waals surface area contributed by atoms with Crippen LogP contribution in [-0.4, -0.2) is 61.3 Å². The van der Waals surface area contributed by atoms with E-state index in [2.05, 4.69) is 34.3 Å². The second-order valence-corrected chi connectivity index (χ2v) is 9.32. The molecule has 0 unspecified atom stereocenters. The molecule has 2 aromatic heterocycles. The Hall–Kier alpha value is -1.96. The molecule has 2 aromatic rings. The largest absolute Gasteiger partial charge is 0.368 e. The maximum Gasteiger partial charge on any atom is 0.254 e. The van der Waals surface area contributed by atoms with Crippen molar-refractivity contribution in [1.82, 2.24) is 25.0 Å². The van der Waals surface area contributed by atoms with Gasteiger partial charge in [-0.1, -0.05) is 37.2 Å². The smallest absolute Gasteiger partial charge is 0.254 e. The molecule has 1 saturated carbocycles. The summed E-state index contributed by atoms with van der Waals surface area (Å²) in [6.07, 6.45) is 3.29. The maximum atomic E-state index is 7.60. The van der Waals surface area contributed by atoms with Gasteiger partial charge in [0.2, 0.25) is 0 Å². The monoisotopic (exact) mass is 431 g/mol. The Morgan fingerprint density at radius 2 is 2.03 bits per heavy atom. The third kappa shape index (κ3) is 3.98. The van der Waals surface area contributed by atoms with Crippen LogP contribution >= 0.6 is 11.8 Å². The van der Waals surface area contributed by atoms with E-state index in [9.17, 15) is 0 Å². The summed E-state index contributed by atoms with van der Waals surface area (Å²) >= 11 is 1.63. The third-order valence-corrected chi connectivity index (χ3v) is 6.50. The molecule has 1 aliphatic carbocycles. The lowest BCUT2D eigenvalue weighted by molar-refractivity contribution is -0.156. The number of unbranched alkanes of at least 4 members (excludes halogenated alkanes) is 1. The predicted molar refractivity (Wildman–Crippen MR) is 115 cm³/mol. The highest BCUT2D eigenvalue weighted by atomic mass is 32.2. The van der Waals surface area contributed by atoms with E-state index >= 15 is 0 Å². The van der Waals surface area contributed by atoms with Gasteiger partial charge in [-0.3, -0.25) is 0 Å². The Bertz CT molecular complexity index is 941. The summed E-state index contributed by atoms with van der Waals surface area (Å²) in [5, 5.41) is 13.0. The second-order valence-electron chi connectivity index (χ2n) is 8.25. The van der Waals surface area contributed by atoms with Gasteiger partial charge in [0, 0.05) is 12.3 Å². The van der Waals surface area contributed by atoms with Gasteiger partial charge in [-0.05, 0) is 26.7 Å². The summed E-state index contributed by atoms with van der Waals surface area (Å²) in [6.45, 7) is 16.5. The average Bonchev–Trinajstić information content (AvgIpc) is 3.36. The van der Waals surface area contributed by atoms with E-state index in [4.69, 9.17) is 26.0 Å². The van der Waals surface area contributed by atoms with Crippen molar-refractivity contribution in [3.8, 4) is 0 Å². The molecule has 2 fully saturated rings. The minimum Gasteiger partial charge on any atom is -0.368 e. The van der Waals surface area contributed by atoms with Crippen LogP contribution in [0.3, 0.4) is 0 Å². The molecule has 0 amide bonds. The van der Waals surface area contributed by atoms with Crippen molar-refractivity contribution in [2.24, 2.45) is 0 Å². The molecule has 9 nitrogen and oxygen atoms in total. The zero-order valence-electron chi connectivity index (χ0n) is 18.0. The van der Waals surface area contributed by atoms with E-state index in [1.165, 1.54) is 0 Å². The second kappa shape index (κ2) is 8.65. The van der Waals surface area contributed by atoms with Crippen LogP contribution in [0.25, 0.3) is 16.0 Å². The minimum absolute atomic E-state index is 0.150. The van der Waals surface area contributed by atoms with Gasteiger partial charge in [-0.2, -0.15) is 0 Å². The van der Waals surface area contributed by atoms with Gasteiger partial charge in [0.05, 0.1) is 12.5 Å². The summed E-state index contributed by atoms with van der Waals surface area (Å²) in [5.41, 5.74) is 1.35. The molecular weight excluding hydrogens is 402 g/mol. The number of rotatable bonds is 8. The molecule has 1 N–H and O–H groups in total. The van der Waals surface area contributed by atoms with E-state index in [1.54, 1.807) is 11.8 Å². The van der Waals surface area contributed by atoms with Crippen LogP contribution in [0.2, 0.25) is 0 Å². The quantitative estimate of drug-likeness (QED) is 0.293. The van der Waals surface area contributed by atoms with Gasteiger partial charge in [-0.25, -0.2) is 21.2 Å². The van der Waals surface area contributed by atoms with Gasteiger partial charge >= 0.3 is 0 Å². The zero-order valence-corrected chi connectivity index (χ0v) is 18.8. The molecule has 4 atom stereocenters. The SMILES string of the molecule is [C-]#[N+][C@H]1C[C@@H](n2nnc3c(NCCCC)nc(SCCC)nc32)[C@@H]2OC(C)(C)O[C@@H]21. The minimum atomic E-state index is -0.711. The number of thioether (sulfide) groups is 1. The van der Waals surface area contributed by atoms with Crippen LogP contribution in [0.4, 0.5) is 5.82 Å². The predicted octanol–water partition coefficient (Wildman–Crippen LogP) is 3.69. The average molecular weight is 432 g/mol. The van der Waals surface area contributed by atoms with Crippen LogP contribution in [-0.2, 0) is 9.47 Å². The molecular formula is C20H29N7O2S. The molecule has 1 saturated heterocycles. The van der Waals surface area contributed by atoms with E-state index in [-0.39, 0.29) is 24.3 Å². The molecule has 4 rings (SSSR count). The first-order chi connectivity index (χ1) is 14.5. The Kier molecular flexibility index (Phi) is 6.14. The lowest BCUT2D eigenvalue weighted by Crippen LogP contribution is -2.28. The Balaban J connectivity index is 1.72. The summed E-state index contributed by atoms with van der Waals surface area (Å²) in [6, 6.07) is -0.415. The first-order valence-electron chi connectivity index (χ1n) is 10.7. The molecule has 1 aliphatic heterocycles. The van der Waals surface area contributed by atoms with Crippen LogP contribution in [0, 0.1) is 6.57 Å². The number of fused-ring (bicyclic) bond motifs is 2. The van der Waals surface area contributed by atoms with Crippen molar-refractivity contribution in [3.63, 3.8) is 0 Å².